The Morgan fingerprint density at radius 2 is 1.65 bits per heavy atom. The third kappa shape index (κ3) is 3.70. The van der Waals surface area contributed by atoms with Crippen LogP contribution in [0.5, 0.6) is 0 Å². The van der Waals surface area contributed by atoms with Gasteiger partial charge in [0.05, 0.1) is 18.4 Å². The van der Waals surface area contributed by atoms with E-state index in [1.165, 1.54) is 16.8 Å². The van der Waals surface area contributed by atoms with Gasteiger partial charge in [0.1, 0.15) is 18.4 Å². The van der Waals surface area contributed by atoms with Crippen LogP contribution in [0.25, 0.3) is 11.4 Å². The molecule has 3 aromatic heterocycles. The molecule has 3 heterocycles. The minimum Gasteiger partial charge on any atom is -0.255 e. The summed E-state index contributed by atoms with van der Waals surface area (Å²) in [5, 5.41) is 0. The summed E-state index contributed by atoms with van der Waals surface area (Å²) in [6.45, 7) is 0.804. The van der Waals surface area contributed by atoms with Gasteiger partial charge in [0.15, 0.2) is 0 Å². The van der Waals surface area contributed by atoms with Crippen LogP contribution in [0.3, 0.4) is 0 Å². The summed E-state index contributed by atoms with van der Waals surface area (Å²) in [6, 6.07) is 20.6. The lowest BCUT2D eigenvalue weighted by molar-refractivity contribution is -0.671. The zero-order chi connectivity index (χ0) is 17.8. The molecule has 0 saturated heterocycles. The Morgan fingerprint density at radius 3 is 2.38 bits per heavy atom. The maximum absolute atomic E-state index is 4.58. The molecule has 0 N–H and O–H groups in total. The molecule has 4 aromatic rings. The first-order valence-corrected chi connectivity index (χ1v) is 8.72. The van der Waals surface area contributed by atoms with Crippen LogP contribution < -0.4 is 4.57 Å². The molecular formula is C22H21N4+. The summed E-state index contributed by atoms with van der Waals surface area (Å²) in [5.74, 6) is 0. The smallest absolute Gasteiger partial charge is 0.244 e. The van der Waals surface area contributed by atoms with Crippen molar-refractivity contribution in [3.8, 4) is 11.4 Å². The van der Waals surface area contributed by atoms with Gasteiger partial charge >= 0.3 is 0 Å². The van der Waals surface area contributed by atoms with E-state index in [1.807, 2.05) is 30.5 Å². The first kappa shape index (κ1) is 16.2. The number of hydrogen-bond acceptors (Lipinski definition) is 2. The molecule has 0 spiro atoms. The van der Waals surface area contributed by atoms with Gasteiger partial charge in [0.2, 0.25) is 6.33 Å². The molecule has 128 valence electrons. The summed E-state index contributed by atoms with van der Waals surface area (Å²) in [6.07, 6.45) is 8.96. The molecule has 4 rings (SSSR count). The van der Waals surface area contributed by atoms with Crippen LogP contribution in [0.4, 0.5) is 0 Å². The largest absolute Gasteiger partial charge is 0.255 e. The van der Waals surface area contributed by atoms with Gasteiger partial charge < -0.3 is 0 Å². The molecule has 0 radical (unpaired) electrons. The topological polar surface area (TPSA) is 34.6 Å². The Hall–Kier alpha value is -3.27. The van der Waals surface area contributed by atoms with Crippen LogP contribution in [0.1, 0.15) is 16.8 Å². The monoisotopic (exact) mass is 341 g/mol. The lowest BCUT2D eigenvalue weighted by atomic mass is 10.1. The van der Waals surface area contributed by atoms with Crippen molar-refractivity contribution in [2.75, 3.05) is 0 Å². The molecule has 0 atom stereocenters. The summed E-state index contributed by atoms with van der Waals surface area (Å²) in [4.78, 5) is 8.94. The van der Waals surface area contributed by atoms with Gasteiger partial charge in [-0.05, 0) is 23.8 Å². The lowest BCUT2D eigenvalue weighted by Crippen LogP contribution is -2.23. The van der Waals surface area contributed by atoms with Crippen molar-refractivity contribution in [1.82, 2.24) is 14.5 Å². The van der Waals surface area contributed by atoms with Crippen molar-refractivity contribution < 1.29 is 4.57 Å². The minimum atomic E-state index is 0.804. The van der Waals surface area contributed by atoms with E-state index >= 15 is 0 Å². The fraction of sp³-hybridized carbons (Fsp3) is 0.136. The average molecular weight is 341 g/mol. The summed E-state index contributed by atoms with van der Waals surface area (Å²) < 4.78 is 4.39. The third-order valence-corrected chi connectivity index (χ3v) is 4.38. The molecule has 0 aliphatic carbocycles. The first-order chi connectivity index (χ1) is 12.8. The molecule has 0 aliphatic rings. The van der Waals surface area contributed by atoms with E-state index in [9.17, 15) is 0 Å². The predicted octanol–water partition coefficient (Wildman–Crippen LogP) is 3.41. The molecule has 1 aromatic carbocycles. The molecule has 0 fully saturated rings. The van der Waals surface area contributed by atoms with E-state index in [0.717, 1.165) is 24.4 Å². The van der Waals surface area contributed by atoms with Gasteiger partial charge in [-0.2, -0.15) is 0 Å². The molecule has 4 nitrogen and oxygen atoms in total. The SMILES string of the molecule is C[n+]1cc(Cc2ccccc2)n(Cc2ccc(-c3ccccn3)nc2)c1. The van der Waals surface area contributed by atoms with Gasteiger partial charge in [0, 0.05) is 24.4 Å². The average Bonchev–Trinajstić information content (AvgIpc) is 3.02. The number of benzene rings is 1. The van der Waals surface area contributed by atoms with Crippen LogP contribution in [0.15, 0.2) is 85.6 Å². The quantitative estimate of drug-likeness (QED) is 0.521. The molecule has 4 heteroatoms. The number of imidazole rings is 1. The van der Waals surface area contributed by atoms with Crippen molar-refractivity contribution in [1.29, 1.82) is 0 Å². The van der Waals surface area contributed by atoms with Gasteiger partial charge in [-0.3, -0.25) is 9.97 Å². The van der Waals surface area contributed by atoms with Crippen molar-refractivity contribution in [3.63, 3.8) is 0 Å². The zero-order valence-corrected chi connectivity index (χ0v) is 14.8. The Morgan fingerprint density at radius 1 is 0.846 bits per heavy atom. The fourth-order valence-corrected chi connectivity index (χ4v) is 3.11. The zero-order valence-electron chi connectivity index (χ0n) is 14.8. The number of nitrogens with zero attached hydrogens (tertiary/aromatic N) is 4. The normalized spacial score (nSPS) is 10.8. The van der Waals surface area contributed by atoms with Crippen LogP contribution in [0.2, 0.25) is 0 Å². The van der Waals surface area contributed by atoms with Crippen molar-refractivity contribution >= 4 is 0 Å². The summed E-state index contributed by atoms with van der Waals surface area (Å²) in [5.41, 5.74) is 5.58. The van der Waals surface area contributed by atoms with E-state index in [4.69, 9.17) is 0 Å². The highest BCUT2D eigenvalue weighted by Crippen LogP contribution is 2.15. The van der Waals surface area contributed by atoms with Gasteiger partial charge in [0.25, 0.3) is 0 Å². The fourth-order valence-electron chi connectivity index (χ4n) is 3.11. The first-order valence-electron chi connectivity index (χ1n) is 8.72. The Bertz CT molecular complexity index is 974. The second-order valence-corrected chi connectivity index (χ2v) is 6.46. The highest BCUT2D eigenvalue weighted by Gasteiger charge is 2.13. The second kappa shape index (κ2) is 7.31. The lowest BCUT2D eigenvalue weighted by Gasteiger charge is -2.04. The maximum atomic E-state index is 4.58. The molecular weight excluding hydrogens is 320 g/mol. The number of aromatic nitrogens is 4. The Balaban J connectivity index is 1.54. The molecule has 0 saturated carbocycles. The maximum Gasteiger partial charge on any atom is 0.244 e. The van der Waals surface area contributed by atoms with Gasteiger partial charge in [-0.15, -0.1) is 0 Å². The number of rotatable bonds is 5. The summed E-state index contributed by atoms with van der Waals surface area (Å²) in [7, 11) is 2.06. The van der Waals surface area contributed by atoms with Crippen molar-refractivity contribution in [2.45, 2.75) is 13.0 Å². The van der Waals surface area contributed by atoms with Crippen LogP contribution >= 0.6 is 0 Å². The van der Waals surface area contributed by atoms with Crippen LogP contribution in [-0.2, 0) is 20.0 Å². The Kier molecular flexibility index (Phi) is 4.56. The third-order valence-electron chi connectivity index (χ3n) is 4.38. The number of pyridine rings is 2. The molecule has 26 heavy (non-hydrogen) atoms. The highest BCUT2D eigenvalue weighted by molar-refractivity contribution is 5.53. The number of hydrogen-bond donors (Lipinski definition) is 0. The highest BCUT2D eigenvalue weighted by atomic mass is 15.1. The van der Waals surface area contributed by atoms with E-state index in [1.54, 1.807) is 6.20 Å². The van der Waals surface area contributed by atoms with E-state index in [0.29, 0.717) is 0 Å². The van der Waals surface area contributed by atoms with Crippen LogP contribution in [-0.4, -0.2) is 14.5 Å². The standard InChI is InChI=1S/C22H21N4/c1-25-16-20(13-18-7-3-2-4-8-18)26(17-25)15-19-10-11-22(24-14-19)21-9-5-6-12-23-21/h2-12,14,16-17H,13,15H2,1H3/q+1. The van der Waals surface area contributed by atoms with Crippen LogP contribution in [0, 0.1) is 0 Å². The molecule has 0 unspecified atom stereocenters. The van der Waals surface area contributed by atoms with E-state index < -0.39 is 0 Å². The van der Waals surface area contributed by atoms with Crippen molar-refractivity contribution in [2.24, 2.45) is 7.05 Å². The number of aryl methyl sites for hydroxylation is 1. The molecule has 0 bridgehead atoms. The predicted molar refractivity (Wildman–Crippen MR) is 101 cm³/mol. The second-order valence-electron chi connectivity index (χ2n) is 6.46. The van der Waals surface area contributed by atoms with Gasteiger partial charge in [-0.25, -0.2) is 9.13 Å². The summed E-state index contributed by atoms with van der Waals surface area (Å²) >= 11 is 0. The Labute approximate surface area is 153 Å². The molecule has 0 amide bonds. The molecule has 0 aliphatic heterocycles. The van der Waals surface area contributed by atoms with E-state index in [-0.39, 0.29) is 0 Å². The minimum absolute atomic E-state index is 0.804. The van der Waals surface area contributed by atoms with Gasteiger partial charge in [-0.1, -0.05) is 42.5 Å². The van der Waals surface area contributed by atoms with Crippen molar-refractivity contribution in [3.05, 3.63) is 102 Å². The van der Waals surface area contributed by atoms with E-state index in [2.05, 4.69) is 75.1 Å².